The summed E-state index contributed by atoms with van der Waals surface area (Å²) in [5.41, 5.74) is 0. The number of hydrogen-bond donors (Lipinski definition) is 2. The van der Waals surface area contributed by atoms with Crippen LogP contribution in [-0.4, -0.2) is 53.8 Å². The van der Waals surface area contributed by atoms with Crippen LogP contribution < -0.4 is 15.5 Å². The molecule has 0 aromatic carbocycles. The molecule has 7 heteroatoms. The zero-order valence-corrected chi connectivity index (χ0v) is 12.8. The van der Waals surface area contributed by atoms with Gasteiger partial charge in [-0.3, -0.25) is 0 Å². The van der Waals surface area contributed by atoms with Crippen LogP contribution in [-0.2, 0) is 4.74 Å². The third kappa shape index (κ3) is 3.72. The van der Waals surface area contributed by atoms with Gasteiger partial charge in [-0.1, -0.05) is 13.8 Å². The van der Waals surface area contributed by atoms with Crippen LogP contribution in [0.25, 0.3) is 0 Å². The monoisotopic (exact) mass is 292 g/mol. The molecule has 2 N–H and O–H groups in total. The van der Waals surface area contributed by atoms with Gasteiger partial charge in [0.05, 0.1) is 13.2 Å². The first kappa shape index (κ1) is 14.3. The molecular formula is C14H24N6O. The van der Waals surface area contributed by atoms with Crippen molar-refractivity contribution in [3.63, 3.8) is 0 Å². The van der Waals surface area contributed by atoms with Gasteiger partial charge in [0, 0.05) is 25.7 Å². The average molecular weight is 292 g/mol. The lowest BCUT2D eigenvalue weighted by molar-refractivity contribution is 0.122. The highest BCUT2D eigenvalue weighted by Gasteiger charge is 2.33. The summed E-state index contributed by atoms with van der Waals surface area (Å²) in [6, 6.07) is 0.504. The molecule has 1 aromatic rings. The molecule has 1 aliphatic carbocycles. The van der Waals surface area contributed by atoms with Crippen molar-refractivity contribution in [1.29, 1.82) is 0 Å². The number of hydrogen-bond acceptors (Lipinski definition) is 7. The van der Waals surface area contributed by atoms with Gasteiger partial charge in [0.2, 0.25) is 17.8 Å². The SMILES string of the molecule is CCCNc1nc(NC2CC2C)nc(N2CCOCC2)n1. The van der Waals surface area contributed by atoms with Crippen LogP contribution in [0.15, 0.2) is 0 Å². The quantitative estimate of drug-likeness (QED) is 0.819. The Balaban J connectivity index is 1.77. The van der Waals surface area contributed by atoms with Gasteiger partial charge in [0.25, 0.3) is 0 Å². The standard InChI is InChI=1S/C14H24N6O/c1-3-4-15-12-17-13(16-11-9-10(11)2)19-14(18-12)20-5-7-21-8-6-20/h10-11H,3-9H2,1-2H3,(H2,15,16,17,18,19). The molecule has 1 aromatic heterocycles. The molecule has 2 unspecified atom stereocenters. The molecule has 2 fully saturated rings. The van der Waals surface area contributed by atoms with E-state index < -0.39 is 0 Å². The molecule has 2 atom stereocenters. The van der Waals surface area contributed by atoms with E-state index in [0.29, 0.717) is 23.9 Å². The van der Waals surface area contributed by atoms with Crippen molar-refractivity contribution in [2.45, 2.75) is 32.7 Å². The molecule has 0 amide bonds. The number of rotatable bonds is 6. The zero-order valence-electron chi connectivity index (χ0n) is 12.8. The van der Waals surface area contributed by atoms with E-state index in [-0.39, 0.29) is 0 Å². The van der Waals surface area contributed by atoms with Crippen LogP contribution in [0.4, 0.5) is 17.8 Å². The second-order valence-electron chi connectivity index (χ2n) is 5.77. The van der Waals surface area contributed by atoms with Crippen LogP contribution >= 0.6 is 0 Å². The first-order chi connectivity index (χ1) is 10.3. The van der Waals surface area contributed by atoms with Crippen molar-refractivity contribution in [3.05, 3.63) is 0 Å². The summed E-state index contributed by atoms with van der Waals surface area (Å²) in [6.45, 7) is 8.34. The summed E-state index contributed by atoms with van der Waals surface area (Å²) < 4.78 is 5.39. The summed E-state index contributed by atoms with van der Waals surface area (Å²) in [7, 11) is 0. The summed E-state index contributed by atoms with van der Waals surface area (Å²) in [5.74, 6) is 2.78. The molecule has 2 heterocycles. The van der Waals surface area contributed by atoms with E-state index in [1.807, 2.05) is 0 Å². The Morgan fingerprint density at radius 3 is 2.57 bits per heavy atom. The highest BCUT2D eigenvalue weighted by molar-refractivity contribution is 5.45. The van der Waals surface area contributed by atoms with Gasteiger partial charge in [-0.05, 0) is 18.8 Å². The lowest BCUT2D eigenvalue weighted by Crippen LogP contribution is -2.37. The molecule has 1 saturated heterocycles. The number of nitrogens with one attached hydrogen (secondary N) is 2. The van der Waals surface area contributed by atoms with Gasteiger partial charge < -0.3 is 20.3 Å². The maximum atomic E-state index is 5.39. The second kappa shape index (κ2) is 6.43. The fraction of sp³-hybridized carbons (Fsp3) is 0.786. The number of nitrogens with zero attached hydrogens (tertiary/aromatic N) is 4. The Morgan fingerprint density at radius 2 is 1.90 bits per heavy atom. The lowest BCUT2D eigenvalue weighted by atomic mass is 10.4. The van der Waals surface area contributed by atoms with Crippen molar-refractivity contribution < 1.29 is 4.74 Å². The second-order valence-corrected chi connectivity index (χ2v) is 5.77. The minimum atomic E-state index is 0.504. The molecule has 2 aliphatic rings. The molecule has 0 radical (unpaired) electrons. The molecule has 3 rings (SSSR count). The van der Waals surface area contributed by atoms with E-state index in [1.165, 1.54) is 6.42 Å². The van der Waals surface area contributed by atoms with Crippen LogP contribution in [0, 0.1) is 5.92 Å². The Hall–Kier alpha value is -1.63. The van der Waals surface area contributed by atoms with Crippen molar-refractivity contribution in [2.24, 2.45) is 5.92 Å². The summed E-state index contributed by atoms with van der Waals surface area (Å²) in [4.78, 5) is 15.7. The van der Waals surface area contributed by atoms with Gasteiger partial charge in [-0.15, -0.1) is 0 Å². The molecule has 1 saturated carbocycles. The maximum Gasteiger partial charge on any atom is 0.232 e. The zero-order chi connectivity index (χ0) is 14.7. The van der Waals surface area contributed by atoms with Crippen molar-refractivity contribution in [2.75, 3.05) is 48.4 Å². The van der Waals surface area contributed by atoms with E-state index >= 15 is 0 Å². The molecular weight excluding hydrogens is 268 g/mol. The minimum absolute atomic E-state index is 0.504. The van der Waals surface area contributed by atoms with Crippen LogP contribution in [0.3, 0.4) is 0 Å². The predicted octanol–water partition coefficient (Wildman–Crippen LogP) is 1.35. The predicted molar refractivity (Wildman–Crippen MR) is 82.8 cm³/mol. The third-order valence-electron chi connectivity index (χ3n) is 3.87. The molecule has 21 heavy (non-hydrogen) atoms. The number of anilines is 3. The van der Waals surface area contributed by atoms with Crippen molar-refractivity contribution in [1.82, 2.24) is 15.0 Å². The van der Waals surface area contributed by atoms with Crippen molar-refractivity contribution >= 4 is 17.8 Å². The van der Waals surface area contributed by atoms with Crippen molar-refractivity contribution in [3.8, 4) is 0 Å². The van der Waals surface area contributed by atoms with Gasteiger partial charge in [-0.2, -0.15) is 15.0 Å². The normalized spacial score (nSPS) is 24.8. The first-order valence-electron chi connectivity index (χ1n) is 7.85. The summed E-state index contributed by atoms with van der Waals surface area (Å²) >= 11 is 0. The highest BCUT2D eigenvalue weighted by atomic mass is 16.5. The number of ether oxygens (including phenoxy) is 1. The third-order valence-corrected chi connectivity index (χ3v) is 3.87. The van der Waals surface area contributed by atoms with E-state index in [9.17, 15) is 0 Å². The Bertz CT molecular complexity index is 477. The average Bonchev–Trinajstić information content (AvgIpc) is 3.21. The van der Waals surface area contributed by atoms with E-state index in [1.54, 1.807) is 0 Å². The highest BCUT2D eigenvalue weighted by Crippen LogP contribution is 2.32. The largest absolute Gasteiger partial charge is 0.378 e. The first-order valence-corrected chi connectivity index (χ1v) is 7.85. The molecule has 116 valence electrons. The summed E-state index contributed by atoms with van der Waals surface area (Å²) in [5, 5.41) is 6.66. The Morgan fingerprint density at radius 1 is 1.19 bits per heavy atom. The van der Waals surface area contributed by atoms with Gasteiger partial charge >= 0.3 is 0 Å². The number of morpholine rings is 1. The van der Waals surface area contributed by atoms with Crippen LogP contribution in [0.2, 0.25) is 0 Å². The topological polar surface area (TPSA) is 75.2 Å². The minimum Gasteiger partial charge on any atom is -0.378 e. The molecule has 0 spiro atoms. The summed E-state index contributed by atoms with van der Waals surface area (Å²) in [6.07, 6.45) is 2.23. The van der Waals surface area contributed by atoms with Crippen LogP contribution in [0.1, 0.15) is 26.7 Å². The Kier molecular flexibility index (Phi) is 4.38. The fourth-order valence-electron chi connectivity index (χ4n) is 2.34. The smallest absolute Gasteiger partial charge is 0.232 e. The fourth-order valence-corrected chi connectivity index (χ4v) is 2.34. The molecule has 0 bridgehead atoms. The lowest BCUT2D eigenvalue weighted by Gasteiger charge is -2.27. The number of aromatic nitrogens is 3. The van der Waals surface area contributed by atoms with Gasteiger partial charge in [0.15, 0.2) is 0 Å². The van der Waals surface area contributed by atoms with E-state index in [2.05, 4.69) is 44.3 Å². The molecule has 1 aliphatic heterocycles. The van der Waals surface area contributed by atoms with Crippen LogP contribution in [0.5, 0.6) is 0 Å². The van der Waals surface area contributed by atoms with Gasteiger partial charge in [0.1, 0.15) is 0 Å². The van der Waals surface area contributed by atoms with E-state index in [0.717, 1.165) is 45.2 Å². The molecule has 7 nitrogen and oxygen atoms in total. The van der Waals surface area contributed by atoms with E-state index in [4.69, 9.17) is 4.74 Å². The maximum absolute atomic E-state index is 5.39. The Labute approximate surface area is 125 Å². The van der Waals surface area contributed by atoms with Gasteiger partial charge in [-0.25, -0.2) is 0 Å².